The lowest BCUT2D eigenvalue weighted by molar-refractivity contribution is -0.384. The number of anilines is 1. The van der Waals surface area contributed by atoms with Crippen molar-refractivity contribution in [3.05, 3.63) is 68.1 Å². The molecule has 7 nitrogen and oxygen atoms in total. The van der Waals surface area contributed by atoms with Crippen LogP contribution < -0.4 is 10.6 Å². The molecule has 138 valence electrons. The van der Waals surface area contributed by atoms with E-state index in [0.29, 0.717) is 21.3 Å². The van der Waals surface area contributed by atoms with Crippen LogP contribution in [0.25, 0.3) is 6.08 Å². The van der Waals surface area contributed by atoms with Crippen LogP contribution >= 0.6 is 11.8 Å². The molecule has 0 aliphatic carbocycles. The lowest BCUT2D eigenvalue weighted by Crippen LogP contribution is -2.19. The van der Waals surface area contributed by atoms with E-state index >= 15 is 0 Å². The van der Waals surface area contributed by atoms with Crippen LogP contribution in [0.4, 0.5) is 17.1 Å². The van der Waals surface area contributed by atoms with Crippen molar-refractivity contribution in [3.63, 3.8) is 0 Å². The number of aryl methyl sites for hydroxylation is 2. The zero-order valence-corrected chi connectivity index (χ0v) is 15.9. The molecule has 0 spiro atoms. The molecule has 0 radical (unpaired) electrons. The van der Waals surface area contributed by atoms with Crippen LogP contribution in [0.15, 0.2) is 46.3 Å². The van der Waals surface area contributed by atoms with Gasteiger partial charge in [0, 0.05) is 13.1 Å². The van der Waals surface area contributed by atoms with Gasteiger partial charge in [0.25, 0.3) is 11.6 Å². The molecule has 1 heterocycles. The van der Waals surface area contributed by atoms with Crippen molar-refractivity contribution in [2.24, 2.45) is 4.99 Å². The van der Waals surface area contributed by atoms with Crippen LogP contribution in [0.3, 0.4) is 0 Å². The minimum absolute atomic E-state index is 0.0421. The quantitative estimate of drug-likeness (QED) is 0.470. The molecular weight excluding hydrogens is 364 g/mol. The summed E-state index contributed by atoms with van der Waals surface area (Å²) in [4.78, 5) is 27.9. The van der Waals surface area contributed by atoms with Crippen LogP contribution in [0.1, 0.15) is 16.7 Å². The fourth-order valence-corrected chi connectivity index (χ4v) is 3.42. The maximum Gasteiger partial charge on any atom is 0.292 e. The second-order valence-electron chi connectivity index (χ2n) is 6.06. The number of carbonyl (C=O) groups excluding carboxylic acids is 1. The summed E-state index contributed by atoms with van der Waals surface area (Å²) in [6.07, 6.45) is 1.62. The Morgan fingerprint density at radius 1 is 1.22 bits per heavy atom. The van der Waals surface area contributed by atoms with Gasteiger partial charge in [-0.15, -0.1) is 0 Å². The predicted octanol–water partition coefficient (Wildman–Crippen LogP) is 4.14. The number of nitro benzene ring substituents is 1. The third-order valence-corrected chi connectivity index (χ3v) is 4.93. The number of rotatable bonds is 4. The highest BCUT2D eigenvalue weighted by molar-refractivity contribution is 8.18. The summed E-state index contributed by atoms with van der Waals surface area (Å²) in [5.74, 6) is -0.274. The average molecular weight is 382 g/mol. The number of aliphatic imine (C=N–C) groups is 1. The Kier molecular flexibility index (Phi) is 5.27. The van der Waals surface area contributed by atoms with E-state index in [-0.39, 0.29) is 11.6 Å². The number of hydrogen-bond donors (Lipinski definition) is 2. The van der Waals surface area contributed by atoms with Crippen molar-refractivity contribution < 1.29 is 9.72 Å². The first-order chi connectivity index (χ1) is 12.9. The average Bonchev–Trinajstić information content (AvgIpc) is 2.97. The number of amidine groups is 1. The number of nitro groups is 1. The number of carbonyl (C=O) groups is 1. The van der Waals surface area contributed by atoms with Gasteiger partial charge in [0.15, 0.2) is 5.17 Å². The van der Waals surface area contributed by atoms with Crippen LogP contribution in [0.2, 0.25) is 0 Å². The molecule has 1 fully saturated rings. The van der Waals surface area contributed by atoms with E-state index in [2.05, 4.69) is 15.6 Å². The highest BCUT2D eigenvalue weighted by Gasteiger charge is 2.24. The third-order valence-electron chi connectivity index (χ3n) is 4.02. The maximum atomic E-state index is 12.2. The summed E-state index contributed by atoms with van der Waals surface area (Å²) in [5.41, 5.74) is 3.85. The summed E-state index contributed by atoms with van der Waals surface area (Å²) in [6.45, 7) is 3.94. The molecular formula is C19H18N4O3S. The molecule has 0 bridgehead atoms. The smallest absolute Gasteiger partial charge is 0.292 e. The fraction of sp³-hybridized carbons (Fsp3) is 0.158. The monoisotopic (exact) mass is 382 g/mol. The molecule has 0 atom stereocenters. The highest BCUT2D eigenvalue weighted by Crippen LogP contribution is 2.31. The van der Waals surface area contributed by atoms with Gasteiger partial charge in [0.1, 0.15) is 5.69 Å². The van der Waals surface area contributed by atoms with Crippen molar-refractivity contribution in [2.45, 2.75) is 13.8 Å². The zero-order valence-electron chi connectivity index (χ0n) is 15.1. The number of hydrogen-bond acceptors (Lipinski definition) is 6. The number of nitrogens with one attached hydrogen (secondary N) is 2. The van der Waals surface area contributed by atoms with Gasteiger partial charge >= 0.3 is 0 Å². The molecule has 1 aliphatic heterocycles. The van der Waals surface area contributed by atoms with Gasteiger partial charge in [0.2, 0.25) is 0 Å². The van der Waals surface area contributed by atoms with E-state index in [4.69, 9.17) is 0 Å². The first-order valence-corrected chi connectivity index (χ1v) is 9.02. The minimum atomic E-state index is -0.455. The van der Waals surface area contributed by atoms with E-state index in [0.717, 1.165) is 16.8 Å². The van der Waals surface area contributed by atoms with Gasteiger partial charge in [-0.25, -0.2) is 4.99 Å². The van der Waals surface area contributed by atoms with Crippen LogP contribution in [0.5, 0.6) is 0 Å². The second kappa shape index (κ2) is 7.63. The molecule has 0 aromatic heterocycles. The van der Waals surface area contributed by atoms with Gasteiger partial charge in [0.05, 0.1) is 15.5 Å². The van der Waals surface area contributed by atoms with E-state index in [1.54, 1.807) is 25.3 Å². The van der Waals surface area contributed by atoms with Gasteiger partial charge in [-0.1, -0.05) is 18.2 Å². The van der Waals surface area contributed by atoms with E-state index in [1.807, 2.05) is 32.0 Å². The first kappa shape index (κ1) is 18.7. The minimum Gasteiger partial charge on any atom is -0.383 e. The fourth-order valence-electron chi connectivity index (χ4n) is 2.58. The van der Waals surface area contributed by atoms with Crippen molar-refractivity contribution in [1.29, 1.82) is 0 Å². The number of thioether (sulfide) groups is 1. The van der Waals surface area contributed by atoms with Gasteiger partial charge in [-0.2, -0.15) is 0 Å². The Morgan fingerprint density at radius 2 is 2.00 bits per heavy atom. The Hall–Kier alpha value is -3.13. The SMILES string of the molecule is CNc1ccc(/C=C2\SC(=Nc3cc(C)ccc3C)NC2=O)cc1[N+](=O)[O-]. The summed E-state index contributed by atoms with van der Waals surface area (Å²) in [7, 11) is 1.62. The molecule has 0 saturated carbocycles. The molecule has 1 aliphatic rings. The van der Waals surface area contributed by atoms with Crippen LogP contribution in [-0.2, 0) is 4.79 Å². The van der Waals surface area contributed by atoms with Crippen molar-refractivity contribution in [2.75, 3.05) is 12.4 Å². The van der Waals surface area contributed by atoms with Gasteiger partial charge < -0.3 is 10.6 Å². The standard InChI is InChI=1S/C19H18N4O3S/c1-11-4-5-12(2)15(8-11)21-19-22-18(24)17(27-19)10-13-6-7-14(20-3)16(9-13)23(25)26/h4-10,20H,1-3H3,(H,21,22,24)/b17-10-. The molecule has 2 aromatic rings. The Bertz CT molecular complexity index is 998. The zero-order chi connectivity index (χ0) is 19.6. The van der Waals surface area contributed by atoms with E-state index < -0.39 is 4.92 Å². The molecule has 3 rings (SSSR count). The molecule has 2 N–H and O–H groups in total. The molecule has 1 amide bonds. The molecule has 1 saturated heterocycles. The molecule has 2 aromatic carbocycles. The Balaban J connectivity index is 1.89. The van der Waals surface area contributed by atoms with Crippen LogP contribution in [0, 0.1) is 24.0 Å². The summed E-state index contributed by atoms with van der Waals surface area (Å²) in [6, 6.07) is 10.7. The summed E-state index contributed by atoms with van der Waals surface area (Å²) < 4.78 is 0. The molecule has 0 unspecified atom stereocenters. The van der Waals surface area contributed by atoms with Crippen molar-refractivity contribution >= 4 is 46.0 Å². The number of nitrogens with zero attached hydrogens (tertiary/aromatic N) is 2. The Labute approximate surface area is 160 Å². The number of amides is 1. The molecule has 27 heavy (non-hydrogen) atoms. The van der Waals surface area contributed by atoms with E-state index in [1.165, 1.54) is 17.8 Å². The first-order valence-electron chi connectivity index (χ1n) is 8.20. The van der Waals surface area contributed by atoms with E-state index in [9.17, 15) is 14.9 Å². The Morgan fingerprint density at radius 3 is 2.70 bits per heavy atom. The van der Waals surface area contributed by atoms with Gasteiger partial charge in [-0.3, -0.25) is 14.9 Å². The summed E-state index contributed by atoms with van der Waals surface area (Å²) in [5, 5.41) is 17.2. The predicted molar refractivity (Wildman–Crippen MR) is 109 cm³/mol. The van der Waals surface area contributed by atoms with Crippen LogP contribution in [-0.4, -0.2) is 23.0 Å². The maximum absolute atomic E-state index is 12.2. The summed E-state index contributed by atoms with van der Waals surface area (Å²) >= 11 is 1.21. The largest absolute Gasteiger partial charge is 0.383 e. The van der Waals surface area contributed by atoms with Gasteiger partial charge in [-0.05, 0) is 60.5 Å². The normalized spacial score (nSPS) is 16.6. The highest BCUT2D eigenvalue weighted by atomic mass is 32.2. The lowest BCUT2D eigenvalue weighted by Gasteiger charge is -2.03. The second-order valence-corrected chi connectivity index (χ2v) is 7.09. The number of benzene rings is 2. The topological polar surface area (TPSA) is 96.6 Å². The molecule has 8 heteroatoms. The van der Waals surface area contributed by atoms with Crippen molar-refractivity contribution in [3.8, 4) is 0 Å². The third kappa shape index (κ3) is 4.17. The lowest BCUT2D eigenvalue weighted by atomic mass is 10.1. The van der Waals surface area contributed by atoms with Crippen molar-refractivity contribution in [1.82, 2.24) is 5.32 Å².